The van der Waals surface area contributed by atoms with E-state index in [2.05, 4.69) is 20.3 Å². The SMILES string of the molecule is CCCOc1cc2ccccc2cc1O[C@@H]1[C@H](O)[C@@H](CO)O[C@H]1N1CN(c2cn(S(=O)(=O)N(C)C)cn2)c2c(NC(=O)c3ccccc3)ncnc21. The quantitative estimate of drug-likeness (QED) is 0.170. The Morgan fingerprint density at radius 2 is 1.75 bits per heavy atom. The molecule has 0 aliphatic carbocycles. The zero-order valence-electron chi connectivity index (χ0n) is 28.6. The molecule has 7 rings (SSSR count). The summed E-state index contributed by atoms with van der Waals surface area (Å²) < 4.78 is 46.9. The van der Waals surface area contributed by atoms with Crippen LogP contribution < -0.4 is 24.6 Å². The van der Waals surface area contributed by atoms with Crippen LogP contribution in [0.25, 0.3) is 10.8 Å². The second kappa shape index (κ2) is 14.4. The van der Waals surface area contributed by atoms with Gasteiger partial charge in [0, 0.05) is 19.7 Å². The average molecular weight is 731 g/mol. The number of nitrogens with one attached hydrogen (secondary N) is 1. The third-order valence-electron chi connectivity index (χ3n) is 8.79. The highest BCUT2D eigenvalue weighted by Crippen LogP contribution is 2.46. The van der Waals surface area contributed by atoms with E-state index in [4.69, 9.17) is 14.2 Å². The number of fused-ring (bicyclic) bond motifs is 2. The van der Waals surface area contributed by atoms with E-state index in [1.165, 1.54) is 32.9 Å². The van der Waals surface area contributed by atoms with Gasteiger partial charge in [-0.1, -0.05) is 49.4 Å². The van der Waals surface area contributed by atoms with Crippen molar-refractivity contribution >= 4 is 50.0 Å². The fourth-order valence-corrected chi connectivity index (χ4v) is 6.90. The molecule has 4 heterocycles. The molecule has 52 heavy (non-hydrogen) atoms. The fraction of sp³-hybridized carbons (Fsp3) is 0.314. The van der Waals surface area contributed by atoms with Crippen molar-refractivity contribution in [1.29, 1.82) is 0 Å². The largest absolute Gasteiger partial charge is 0.490 e. The Labute approximate surface area is 300 Å². The predicted molar refractivity (Wildman–Crippen MR) is 192 cm³/mol. The summed E-state index contributed by atoms with van der Waals surface area (Å²) in [6.07, 6.45) is 0.0694. The van der Waals surface area contributed by atoms with E-state index in [1.807, 2.05) is 43.3 Å². The van der Waals surface area contributed by atoms with Gasteiger partial charge in [0.25, 0.3) is 5.91 Å². The maximum absolute atomic E-state index is 13.4. The Morgan fingerprint density at radius 3 is 2.44 bits per heavy atom. The Kier molecular flexibility index (Phi) is 9.69. The van der Waals surface area contributed by atoms with Gasteiger partial charge >= 0.3 is 10.2 Å². The highest BCUT2D eigenvalue weighted by atomic mass is 32.2. The van der Waals surface area contributed by atoms with E-state index in [-0.39, 0.29) is 24.1 Å². The lowest BCUT2D eigenvalue weighted by molar-refractivity contribution is -0.0221. The van der Waals surface area contributed by atoms with Crippen LogP contribution in [0.5, 0.6) is 11.5 Å². The van der Waals surface area contributed by atoms with Crippen LogP contribution in [0.3, 0.4) is 0 Å². The first kappa shape index (κ1) is 35.1. The maximum atomic E-state index is 13.4. The number of carbonyl (C=O) groups is 1. The lowest BCUT2D eigenvalue weighted by Crippen LogP contribution is -2.48. The molecule has 1 saturated heterocycles. The van der Waals surface area contributed by atoms with Gasteiger partial charge in [-0.2, -0.15) is 12.7 Å². The zero-order valence-corrected chi connectivity index (χ0v) is 29.4. The first-order valence-electron chi connectivity index (χ1n) is 16.6. The van der Waals surface area contributed by atoms with Crippen molar-refractivity contribution in [1.82, 2.24) is 23.2 Å². The van der Waals surface area contributed by atoms with Crippen LogP contribution >= 0.6 is 0 Å². The Hall–Kier alpha value is -5.33. The lowest BCUT2D eigenvalue weighted by Gasteiger charge is -2.30. The van der Waals surface area contributed by atoms with Crippen molar-refractivity contribution in [3.63, 3.8) is 0 Å². The van der Waals surface area contributed by atoms with Gasteiger partial charge in [-0.25, -0.2) is 18.9 Å². The molecule has 0 saturated carbocycles. The minimum Gasteiger partial charge on any atom is -0.490 e. The molecule has 0 radical (unpaired) electrons. The van der Waals surface area contributed by atoms with Gasteiger partial charge in [-0.05, 0) is 41.5 Å². The van der Waals surface area contributed by atoms with Gasteiger partial charge in [0.05, 0.1) is 19.4 Å². The number of carbonyl (C=O) groups excluding carboxylic acids is 1. The number of hydrogen-bond acceptors (Lipinski definition) is 13. The second-order valence-electron chi connectivity index (χ2n) is 12.4. The van der Waals surface area contributed by atoms with Crippen LogP contribution in [0, 0.1) is 0 Å². The zero-order chi connectivity index (χ0) is 36.6. The second-order valence-corrected chi connectivity index (χ2v) is 14.5. The number of aliphatic hydroxyl groups is 2. The first-order chi connectivity index (χ1) is 25.1. The van der Waals surface area contributed by atoms with Crippen molar-refractivity contribution < 1.29 is 37.6 Å². The van der Waals surface area contributed by atoms with Crippen LogP contribution in [0.2, 0.25) is 0 Å². The number of imidazole rings is 1. The normalized spacial score (nSPS) is 20.0. The Morgan fingerprint density at radius 1 is 1.04 bits per heavy atom. The molecule has 2 aliphatic heterocycles. The molecule has 5 aromatic rings. The van der Waals surface area contributed by atoms with Gasteiger partial charge in [0.2, 0.25) is 0 Å². The number of nitrogens with zero attached hydrogens (tertiary/aromatic N) is 7. The fourth-order valence-electron chi connectivity index (χ4n) is 6.13. The lowest BCUT2D eigenvalue weighted by atomic mass is 10.1. The van der Waals surface area contributed by atoms with Crippen molar-refractivity contribution in [3.8, 4) is 11.5 Å². The van der Waals surface area contributed by atoms with E-state index in [0.717, 1.165) is 25.5 Å². The molecule has 0 unspecified atom stereocenters. The average Bonchev–Trinajstić information content (AvgIpc) is 3.88. The van der Waals surface area contributed by atoms with Gasteiger partial charge in [0.15, 0.2) is 41.3 Å². The number of anilines is 4. The number of rotatable bonds is 12. The number of benzene rings is 3. The Balaban J connectivity index is 1.30. The summed E-state index contributed by atoms with van der Waals surface area (Å²) in [4.78, 5) is 30.0. The summed E-state index contributed by atoms with van der Waals surface area (Å²) in [5.74, 6) is 0.984. The molecule has 2 aliphatic rings. The minimum atomic E-state index is -3.92. The summed E-state index contributed by atoms with van der Waals surface area (Å²) in [6.45, 7) is 1.87. The molecule has 16 nitrogen and oxygen atoms in total. The van der Waals surface area contributed by atoms with Crippen molar-refractivity contribution in [2.24, 2.45) is 0 Å². The van der Waals surface area contributed by atoms with Crippen LogP contribution in [0.4, 0.5) is 23.1 Å². The maximum Gasteiger partial charge on any atom is 0.308 e. The topological polar surface area (TPSA) is 185 Å². The molecular weight excluding hydrogens is 692 g/mol. The minimum absolute atomic E-state index is 0.0480. The molecule has 272 valence electrons. The van der Waals surface area contributed by atoms with E-state index < -0.39 is 47.3 Å². The third-order valence-corrected chi connectivity index (χ3v) is 10.4. The molecule has 17 heteroatoms. The molecule has 3 N–H and O–H groups in total. The molecule has 0 bridgehead atoms. The Bertz CT molecular complexity index is 2180. The van der Waals surface area contributed by atoms with Gasteiger partial charge in [0.1, 0.15) is 37.2 Å². The molecule has 1 amide bonds. The van der Waals surface area contributed by atoms with Crippen molar-refractivity contribution in [2.75, 3.05) is 49.1 Å². The van der Waals surface area contributed by atoms with Crippen LogP contribution in [0.15, 0.2) is 85.6 Å². The van der Waals surface area contributed by atoms with Crippen LogP contribution in [0.1, 0.15) is 23.7 Å². The standard InChI is InChI=1S/C35H38N8O8S/c1-4-14-49-25-15-23-12-8-9-13-24(23)16-26(25)50-31-30(45)27(18-44)51-35(31)43-21-42(28-17-41(20-38-28)52(47,48)40(2)3)29-32(36-19-37-33(29)43)39-34(46)22-10-6-5-7-11-22/h5-13,15-17,19-20,27,30-31,35,44-45H,4,14,18,21H2,1-3H3,(H,36,37,39,46)/t27-,30-,31-,35-/m1/s1. The molecule has 4 atom stereocenters. The predicted octanol–water partition coefficient (Wildman–Crippen LogP) is 2.96. The van der Waals surface area contributed by atoms with Gasteiger partial charge in [-0.3, -0.25) is 4.79 Å². The summed E-state index contributed by atoms with van der Waals surface area (Å²) in [6, 6.07) is 20.0. The van der Waals surface area contributed by atoms with Crippen LogP contribution in [-0.2, 0) is 14.9 Å². The molecule has 2 aromatic heterocycles. The number of amides is 1. The van der Waals surface area contributed by atoms with Gasteiger partial charge < -0.3 is 39.5 Å². The van der Waals surface area contributed by atoms with E-state index >= 15 is 0 Å². The number of aromatic nitrogens is 4. The number of hydrogen-bond donors (Lipinski definition) is 3. The smallest absolute Gasteiger partial charge is 0.308 e. The van der Waals surface area contributed by atoms with Crippen molar-refractivity contribution in [2.45, 2.75) is 37.9 Å². The molecule has 0 spiro atoms. The van der Waals surface area contributed by atoms with Gasteiger partial charge in [-0.15, -0.1) is 0 Å². The first-order valence-corrected chi connectivity index (χ1v) is 18.0. The molecular formula is C35H38N8O8S. The highest BCUT2D eigenvalue weighted by molar-refractivity contribution is 7.87. The monoisotopic (exact) mass is 730 g/mol. The van der Waals surface area contributed by atoms with E-state index in [0.29, 0.717) is 29.4 Å². The summed E-state index contributed by atoms with van der Waals surface area (Å²) >= 11 is 0. The summed E-state index contributed by atoms with van der Waals surface area (Å²) in [5.41, 5.74) is 0.678. The number of aliphatic hydroxyl groups excluding tert-OH is 2. The highest BCUT2D eigenvalue weighted by Gasteiger charge is 2.51. The molecule has 3 aromatic carbocycles. The van der Waals surface area contributed by atoms with E-state index in [9.17, 15) is 23.4 Å². The van der Waals surface area contributed by atoms with E-state index in [1.54, 1.807) is 40.1 Å². The molecule has 1 fully saturated rings. The third kappa shape index (κ3) is 6.48. The summed E-state index contributed by atoms with van der Waals surface area (Å²) in [7, 11) is -1.11. The number of ether oxygens (including phenoxy) is 3. The van der Waals surface area contributed by atoms with Crippen molar-refractivity contribution in [3.05, 3.63) is 91.1 Å². The summed E-state index contributed by atoms with van der Waals surface area (Å²) in [5, 5.41) is 26.5. The van der Waals surface area contributed by atoms with Crippen LogP contribution in [-0.4, -0.2) is 106 Å².